The quantitative estimate of drug-likeness (QED) is 0.234. The maximum absolute atomic E-state index is 11.3. The van der Waals surface area contributed by atoms with Crippen LogP contribution in [0.1, 0.15) is 26.7 Å². The summed E-state index contributed by atoms with van der Waals surface area (Å²) in [6.07, 6.45) is 0.377. The van der Waals surface area contributed by atoms with Crippen molar-refractivity contribution in [2.24, 2.45) is 10.5 Å². The number of aliphatic hydroxyl groups is 1. The van der Waals surface area contributed by atoms with Crippen LogP contribution in [0.2, 0.25) is 0 Å². The van der Waals surface area contributed by atoms with E-state index in [1.165, 1.54) is 12.1 Å². The van der Waals surface area contributed by atoms with E-state index in [9.17, 15) is 14.7 Å². The first-order chi connectivity index (χ1) is 9.28. The van der Waals surface area contributed by atoms with Gasteiger partial charge in [-0.05, 0) is 19.1 Å². The largest absolute Gasteiger partial charge is 0.361 e. The number of imide groups is 1. The Kier molecular flexibility index (Phi) is 3.63. The molecule has 2 heterocycles. The Bertz CT molecular complexity index is 431. The minimum Gasteiger partial charge on any atom is -0.355 e. The SMILES string of the molecule is CN(/N=N\OCN1C(=O)CCC1=O)C(C)(C)C1(O)OO1. The smallest absolute Gasteiger partial charge is 0.355 e. The Morgan fingerprint density at radius 2 is 1.95 bits per heavy atom. The van der Waals surface area contributed by atoms with Crippen molar-refractivity contribution >= 4 is 11.8 Å². The average Bonchev–Trinajstić information content (AvgIpc) is 3.07. The molecular weight excluding hydrogens is 272 g/mol. The highest BCUT2D eigenvalue weighted by atomic mass is 17.4. The number of carbonyl (C=O) groups is 2. The van der Waals surface area contributed by atoms with Gasteiger partial charge in [0, 0.05) is 25.2 Å². The molecule has 0 unspecified atom stereocenters. The topological polar surface area (TPSA) is 120 Å². The van der Waals surface area contributed by atoms with Gasteiger partial charge < -0.3 is 9.94 Å². The van der Waals surface area contributed by atoms with Crippen LogP contribution in [0.25, 0.3) is 0 Å². The van der Waals surface area contributed by atoms with Gasteiger partial charge in [-0.2, -0.15) is 9.78 Å². The maximum atomic E-state index is 11.3. The summed E-state index contributed by atoms with van der Waals surface area (Å²) >= 11 is 0. The van der Waals surface area contributed by atoms with Crippen molar-refractivity contribution < 1.29 is 29.3 Å². The van der Waals surface area contributed by atoms with Crippen molar-refractivity contribution in [3.05, 3.63) is 0 Å². The Labute approximate surface area is 114 Å². The molecule has 0 aromatic rings. The molecular formula is C10H16N4O6. The lowest BCUT2D eigenvalue weighted by Crippen LogP contribution is -2.50. The molecule has 0 bridgehead atoms. The molecule has 1 N–H and O–H groups in total. The number of carbonyl (C=O) groups excluding carboxylic acids is 2. The lowest BCUT2D eigenvalue weighted by atomic mass is 10.0. The number of likely N-dealkylation sites (N-methyl/N-ethyl adjacent to an activating group) is 1. The van der Waals surface area contributed by atoms with Gasteiger partial charge in [0.25, 0.3) is 0 Å². The summed E-state index contributed by atoms with van der Waals surface area (Å²) in [7, 11) is 1.53. The van der Waals surface area contributed by atoms with E-state index in [0.29, 0.717) is 0 Å². The highest BCUT2D eigenvalue weighted by Crippen LogP contribution is 2.40. The van der Waals surface area contributed by atoms with Gasteiger partial charge in [0.05, 0.1) is 0 Å². The van der Waals surface area contributed by atoms with Crippen LogP contribution in [0, 0.1) is 0 Å². The molecule has 2 aliphatic rings. The summed E-state index contributed by atoms with van der Waals surface area (Å²) in [6.45, 7) is 2.95. The molecule has 10 heteroatoms. The number of likely N-dealkylation sites (tertiary alicyclic amines) is 1. The lowest BCUT2D eigenvalue weighted by Gasteiger charge is -2.30. The summed E-state index contributed by atoms with van der Waals surface area (Å²) in [6, 6.07) is 0. The number of hydrogen-bond acceptors (Lipinski definition) is 8. The molecule has 20 heavy (non-hydrogen) atoms. The fraction of sp³-hybridized carbons (Fsp3) is 0.800. The van der Waals surface area contributed by atoms with E-state index in [-0.39, 0.29) is 31.4 Å². The van der Waals surface area contributed by atoms with Crippen molar-refractivity contribution in [1.29, 1.82) is 0 Å². The molecule has 2 aliphatic heterocycles. The average molecular weight is 288 g/mol. The number of rotatable bonds is 6. The van der Waals surface area contributed by atoms with Crippen molar-refractivity contribution in [2.75, 3.05) is 13.8 Å². The summed E-state index contributed by atoms with van der Waals surface area (Å²) in [4.78, 5) is 37.3. The molecule has 0 aliphatic carbocycles. The molecule has 0 atom stereocenters. The summed E-state index contributed by atoms with van der Waals surface area (Å²) in [5.74, 6) is -2.34. The molecule has 0 saturated carbocycles. The molecule has 2 rings (SSSR count). The number of hydrogen-bond donors (Lipinski definition) is 1. The third-order valence-corrected chi connectivity index (χ3v) is 3.39. The maximum Gasteiger partial charge on any atom is 0.361 e. The van der Waals surface area contributed by atoms with Gasteiger partial charge in [0.15, 0.2) is 6.73 Å². The van der Waals surface area contributed by atoms with E-state index in [0.717, 1.165) is 4.90 Å². The van der Waals surface area contributed by atoms with Crippen LogP contribution in [-0.4, -0.2) is 52.1 Å². The van der Waals surface area contributed by atoms with Crippen molar-refractivity contribution in [2.45, 2.75) is 38.2 Å². The lowest BCUT2D eigenvalue weighted by molar-refractivity contribution is -0.145. The summed E-state index contributed by atoms with van der Waals surface area (Å²) < 4.78 is 0. The molecule has 0 aromatic carbocycles. The van der Waals surface area contributed by atoms with Crippen LogP contribution in [0.5, 0.6) is 0 Å². The first-order valence-electron chi connectivity index (χ1n) is 5.97. The predicted octanol–water partition coefficient (Wildman–Crippen LogP) is -0.290. The first-order valence-corrected chi connectivity index (χ1v) is 5.97. The van der Waals surface area contributed by atoms with Crippen LogP contribution in [0.15, 0.2) is 10.5 Å². The zero-order chi connectivity index (χ0) is 15.0. The number of amides is 2. The summed E-state index contributed by atoms with van der Waals surface area (Å²) in [5.41, 5.74) is -1.00. The molecule has 112 valence electrons. The predicted molar refractivity (Wildman–Crippen MR) is 60.9 cm³/mol. The van der Waals surface area contributed by atoms with Gasteiger partial charge in [-0.25, -0.2) is 4.90 Å². The molecule has 2 amide bonds. The molecule has 10 nitrogen and oxygen atoms in total. The minimum absolute atomic E-state index is 0.188. The van der Waals surface area contributed by atoms with Crippen LogP contribution >= 0.6 is 0 Å². The van der Waals surface area contributed by atoms with Gasteiger partial charge in [-0.1, -0.05) is 0 Å². The third kappa shape index (κ3) is 2.57. The van der Waals surface area contributed by atoms with Crippen molar-refractivity contribution in [1.82, 2.24) is 9.91 Å². The van der Waals surface area contributed by atoms with E-state index in [1.807, 2.05) is 0 Å². The van der Waals surface area contributed by atoms with Gasteiger partial charge in [0.2, 0.25) is 11.8 Å². The Balaban J connectivity index is 1.81. The number of nitrogens with zero attached hydrogens (tertiary/aromatic N) is 4. The molecule has 0 spiro atoms. The third-order valence-electron chi connectivity index (χ3n) is 3.39. The standard InChI is InChI=1S/C10H16N4O6/c1-9(2,10(17)19-20-10)13(3)11-12-18-6-14-7(15)4-5-8(14)16/h17H,4-6H2,1-3H3/b12-11-. The zero-order valence-electron chi connectivity index (χ0n) is 11.4. The monoisotopic (exact) mass is 288 g/mol. The first kappa shape index (κ1) is 14.6. The van der Waals surface area contributed by atoms with Crippen molar-refractivity contribution in [3.63, 3.8) is 0 Å². The van der Waals surface area contributed by atoms with E-state index in [4.69, 9.17) is 4.84 Å². The fourth-order valence-electron chi connectivity index (χ4n) is 1.49. The van der Waals surface area contributed by atoms with E-state index in [2.05, 4.69) is 20.3 Å². The second-order valence-corrected chi connectivity index (χ2v) is 4.98. The second kappa shape index (κ2) is 4.96. The van der Waals surface area contributed by atoms with E-state index in [1.54, 1.807) is 13.8 Å². The summed E-state index contributed by atoms with van der Waals surface area (Å²) in [5, 5.41) is 18.0. The van der Waals surface area contributed by atoms with Gasteiger partial charge in [-0.3, -0.25) is 14.6 Å². The van der Waals surface area contributed by atoms with E-state index < -0.39 is 11.5 Å². The van der Waals surface area contributed by atoms with E-state index >= 15 is 0 Å². The molecule has 2 saturated heterocycles. The minimum atomic E-state index is -1.75. The van der Waals surface area contributed by atoms with Gasteiger partial charge in [-0.15, -0.1) is 0 Å². The Hall–Kier alpha value is -1.78. The van der Waals surface area contributed by atoms with Gasteiger partial charge >= 0.3 is 5.97 Å². The highest BCUT2D eigenvalue weighted by molar-refractivity contribution is 6.01. The fourth-order valence-corrected chi connectivity index (χ4v) is 1.49. The second-order valence-electron chi connectivity index (χ2n) is 4.98. The van der Waals surface area contributed by atoms with Crippen LogP contribution in [-0.2, 0) is 24.2 Å². The normalized spacial score (nSPS) is 21.7. The molecule has 0 radical (unpaired) electrons. The molecule has 2 fully saturated rings. The van der Waals surface area contributed by atoms with Crippen molar-refractivity contribution in [3.8, 4) is 0 Å². The highest BCUT2D eigenvalue weighted by Gasteiger charge is 2.63. The Morgan fingerprint density at radius 3 is 2.45 bits per heavy atom. The molecule has 0 aromatic heterocycles. The van der Waals surface area contributed by atoms with Crippen LogP contribution in [0.3, 0.4) is 0 Å². The Morgan fingerprint density at radius 1 is 1.40 bits per heavy atom. The van der Waals surface area contributed by atoms with Crippen LogP contribution in [0.4, 0.5) is 0 Å². The zero-order valence-corrected chi connectivity index (χ0v) is 11.4. The van der Waals surface area contributed by atoms with Gasteiger partial charge in [0.1, 0.15) is 5.54 Å². The van der Waals surface area contributed by atoms with Crippen LogP contribution < -0.4 is 0 Å².